The number of aromatic nitrogens is 2. The van der Waals surface area contributed by atoms with Crippen molar-refractivity contribution in [3.8, 4) is 0 Å². The summed E-state index contributed by atoms with van der Waals surface area (Å²) in [6.07, 6.45) is 8.10. The van der Waals surface area contributed by atoms with E-state index < -0.39 is 0 Å². The normalized spacial score (nSPS) is 20.2. The number of anilines is 1. The summed E-state index contributed by atoms with van der Waals surface area (Å²) in [7, 11) is 0. The molecule has 3 heterocycles. The second-order valence-electron chi connectivity index (χ2n) is 6.96. The molecule has 0 saturated carbocycles. The van der Waals surface area contributed by atoms with Crippen LogP contribution in [-0.2, 0) is 11.2 Å². The number of amides is 1. The molecule has 25 heavy (non-hydrogen) atoms. The summed E-state index contributed by atoms with van der Waals surface area (Å²) >= 11 is 0. The highest BCUT2D eigenvalue weighted by Crippen LogP contribution is 2.20. The van der Waals surface area contributed by atoms with Crippen LogP contribution >= 0.6 is 0 Å². The molecular formula is C19H30N4O2. The molecule has 0 unspecified atom stereocenters. The van der Waals surface area contributed by atoms with Gasteiger partial charge >= 0.3 is 0 Å². The second-order valence-corrected chi connectivity index (χ2v) is 6.96. The van der Waals surface area contributed by atoms with Gasteiger partial charge in [-0.3, -0.25) is 4.79 Å². The summed E-state index contributed by atoms with van der Waals surface area (Å²) in [5.41, 5.74) is 1.51. The number of aryl methyl sites for hydroxylation is 1. The van der Waals surface area contributed by atoms with Crippen molar-refractivity contribution in [3.63, 3.8) is 0 Å². The molecular weight excluding hydrogens is 316 g/mol. The van der Waals surface area contributed by atoms with E-state index in [1.165, 1.54) is 12.8 Å². The van der Waals surface area contributed by atoms with Crippen molar-refractivity contribution in [2.75, 3.05) is 37.7 Å². The van der Waals surface area contributed by atoms with Gasteiger partial charge in [0.05, 0.1) is 17.4 Å². The van der Waals surface area contributed by atoms with Crippen molar-refractivity contribution >= 4 is 11.9 Å². The van der Waals surface area contributed by atoms with Crippen LogP contribution in [0.4, 0.5) is 5.95 Å². The monoisotopic (exact) mass is 346 g/mol. The molecule has 2 saturated heterocycles. The van der Waals surface area contributed by atoms with Crippen molar-refractivity contribution in [1.82, 2.24) is 14.9 Å². The van der Waals surface area contributed by atoms with Crippen molar-refractivity contribution in [2.45, 2.75) is 58.5 Å². The molecule has 2 aliphatic rings. The van der Waals surface area contributed by atoms with E-state index in [0.29, 0.717) is 12.1 Å². The fourth-order valence-corrected chi connectivity index (χ4v) is 3.67. The molecule has 0 aromatic carbocycles. The lowest BCUT2D eigenvalue weighted by atomic mass is 10.1. The third kappa shape index (κ3) is 4.29. The first-order valence-corrected chi connectivity index (χ1v) is 9.74. The second kappa shape index (κ2) is 8.61. The maximum atomic E-state index is 13.1. The molecule has 2 aliphatic heterocycles. The smallest absolute Gasteiger partial charge is 0.257 e. The maximum absolute atomic E-state index is 13.1. The lowest BCUT2D eigenvalue weighted by Gasteiger charge is -2.26. The Kier molecular flexibility index (Phi) is 6.24. The third-order valence-corrected chi connectivity index (χ3v) is 5.04. The van der Waals surface area contributed by atoms with E-state index in [2.05, 4.69) is 23.7 Å². The number of hydrogen-bond donors (Lipinski definition) is 0. The molecule has 1 aromatic heterocycles. The van der Waals surface area contributed by atoms with Crippen LogP contribution in [0.5, 0.6) is 0 Å². The van der Waals surface area contributed by atoms with Gasteiger partial charge in [-0.15, -0.1) is 0 Å². The average Bonchev–Trinajstić information content (AvgIpc) is 3.34. The van der Waals surface area contributed by atoms with Crippen molar-refractivity contribution in [2.24, 2.45) is 0 Å². The molecule has 6 nitrogen and oxygen atoms in total. The van der Waals surface area contributed by atoms with Crippen LogP contribution in [0.25, 0.3) is 0 Å². The van der Waals surface area contributed by atoms with Gasteiger partial charge in [0.2, 0.25) is 5.95 Å². The van der Waals surface area contributed by atoms with E-state index in [-0.39, 0.29) is 12.0 Å². The lowest BCUT2D eigenvalue weighted by Crippen LogP contribution is -2.38. The van der Waals surface area contributed by atoms with Crippen LogP contribution in [0.1, 0.15) is 62.0 Å². The van der Waals surface area contributed by atoms with Gasteiger partial charge in [-0.1, -0.05) is 13.8 Å². The van der Waals surface area contributed by atoms with Gasteiger partial charge in [0.15, 0.2) is 0 Å². The Bertz CT molecular complexity index is 581. The summed E-state index contributed by atoms with van der Waals surface area (Å²) in [6.45, 7) is 8.40. The minimum atomic E-state index is 0.0437. The molecule has 3 rings (SSSR count). The van der Waals surface area contributed by atoms with Gasteiger partial charge in [0, 0.05) is 39.0 Å². The Morgan fingerprint density at radius 2 is 2.12 bits per heavy atom. The molecule has 138 valence electrons. The molecule has 0 radical (unpaired) electrons. The van der Waals surface area contributed by atoms with E-state index in [4.69, 9.17) is 9.72 Å². The zero-order valence-corrected chi connectivity index (χ0v) is 15.5. The molecule has 2 fully saturated rings. The summed E-state index contributed by atoms with van der Waals surface area (Å²) in [6, 6.07) is 0. The van der Waals surface area contributed by atoms with E-state index in [9.17, 15) is 4.79 Å². The highest BCUT2D eigenvalue weighted by molar-refractivity contribution is 5.95. The standard InChI is InChI=1S/C19H30N4O2/c1-3-9-23(14-15-8-7-12-25-15)18(24)16-13-20-19(21-17(16)4-2)22-10-5-6-11-22/h13,15H,3-12,14H2,1-2H3/t15-/m1/s1. The van der Waals surface area contributed by atoms with Crippen LogP contribution in [0.15, 0.2) is 6.20 Å². The molecule has 0 N–H and O–H groups in total. The Morgan fingerprint density at radius 1 is 1.32 bits per heavy atom. The summed E-state index contributed by atoms with van der Waals surface area (Å²) in [5.74, 6) is 0.814. The van der Waals surface area contributed by atoms with E-state index in [0.717, 1.165) is 63.6 Å². The fraction of sp³-hybridized carbons (Fsp3) is 0.737. The predicted octanol–water partition coefficient (Wildman–Crippen LogP) is 2.67. The highest BCUT2D eigenvalue weighted by Gasteiger charge is 2.25. The molecule has 0 spiro atoms. The largest absolute Gasteiger partial charge is 0.376 e. The Morgan fingerprint density at radius 3 is 2.76 bits per heavy atom. The lowest BCUT2D eigenvalue weighted by molar-refractivity contribution is 0.0524. The van der Waals surface area contributed by atoms with Crippen LogP contribution in [-0.4, -0.2) is 59.7 Å². The number of ether oxygens (including phenoxy) is 1. The number of carbonyl (C=O) groups excluding carboxylic acids is 1. The van der Waals surface area contributed by atoms with Crippen LogP contribution < -0.4 is 4.90 Å². The first-order valence-electron chi connectivity index (χ1n) is 9.74. The molecule has 1 amide bonds. The Labute approximate surface area is 150 Å². The van der Waals surface area contributed by atoms with Gasteiger partial charge < -0.3 is 14.5 Å². The molecule has 0 aliphatic carbocycles. The van der Waals surface area contributed by atoms with Gasteiger partial charge in [0.1, 0.15) is 0 Å². The zero-order chi connectivity index (χ0) is 17.6. The topological polar surface area (TPSA) is 58.6 Å². The summed E-state index contributed by atoms with van der Waals surface area (Å²) in [5, 5.41) is 0. The van der Waals surface area contributed by atoms with Gasteiger partial charge in [-0.25, -0.2) is 9.97 Å². The first kappa shape index (κ1) is 18.1. The minimum absolute atomic E-state index is 0.0437. The van der Waals surface area contributed by atoms with Gasteiger partial charge in [-0.2, -0.15) is 0 Å². The van der Waals surface area contributed by atoms with Gasteiger partial charge in [-0.05, 0) is 38.5 Å². The number of carbonyl (C=O) groups is 1. The van der Waals surface area contributed by atoms with Crippen molar-refractivity contribution < 1.29 is 9.53 Å². The van der Waals surface area contributed by atoms with Crippen LogP contribution in [0, 0.1) is 0 Å². The molecule has 6 heteroatoms. The Balaban J connectivity index is 1.77. The SMILES string of the molecule is CCCN(C[C@H]1CCCO1)C(=O)c1cnc(N2CCCC2)nc1CC. The minimum Gasteiger partial charge on any atom is -0.376 e. The third-order valence-electron chi connectivity index (χ3n) is 5.04. The number of hydrogen-bond acceptors (Lipinski definition) is 5. The van der Waals surface area contributed by atoms with E-state index >= 15 is 0 Å². The predicted molar refractivity (Wildman–Crippen MR) is 98.0 cm³/mol. The first-order chi connectivity index (χ1) is 12.2. The van der Waals surface area contributed by atoms with Crippen LogP contribution in [0.2, 0.25) is 0 Å². The number of rotatable bonds is 7. The summed E-state index contributed by atoms with van der Waals surface area (Å²) < 4.78 is 5.73. The van der Waals surface area contributed by atoms with E-state index in [1.807, 2.05) is 4.90 Å². The maximum Gasteiger partial charge on any atom is 0.257 e. The molecule has 1 aromatic rings. The van der Waals surface area contributed by atoms with Crippen molar-refractivity contribution in [3.05, 3.63) is 17.5 Å². The highest BCUT2D eigenvalue weighted by atomic mass is 16.5. The average molecular weight is 346 g/mol. The quantitative estimate of drug-likeness (QED) is 0.760. The summed E-state index contributed by atoms with van der Waals surface area (Å²) in [4.78, 5) is 26.4. The number of nitrogens with zero attached hydrogens (tertiary/aromatic N) is 4. The van der Waals surface area contributed by atoms with Gasteiger partial charge in [0.25, 0.3) is 5.91 Å². The van der Waals surface area contributed by atoms with Crippen molar-refractivity contribution in [1.29, 1.82) is 0 Å². The molecule has 0 bridgehead atoms. The molecule has 1 atom stereocenters. The fourth-order valence-electron chi connectivity index (χ4n) is 3.67. The Hall–Kier alpha value is -1.69. The zero-order valence-electron chi connectivity index (χ0n) is 15.5. The van der Waals surface area contributed by atoms with Crippen LogP contribution in [0.3, 0.4) is 0 Å². The van der Waals surface area contributed by atoms with E-state index in [1.54, 1.807) is 6.20 Å².